The number of aliphatic hydroxyl groups excluding tert-OH is 2. The molecule has 0 bridgehead atoms. The van der Waals surface area contributed by atoms with E-state index in [2.05, 4.69) is 36.5 Å². The quantitative estimate of drug-likeness (QED) is 0.0469. The lowest BCUT2D eigenvalue weighted by Crippen LogP contribution is -2.45. The molecule has 0 aromatic rings. The Morgan fingerprint density at radius 2 is 0.891 bits per heavy atom. The van der Waals surface area contributed by atoms with Crippen LogP contribution in [0.1, 0.15) is 206 Å². The molecule has 2 unspecified atom stereocenters. The molecule has 46 heavy (non-hydrogen) atoms. The maximum absolute atomic E-state index is 12.3. The summed E-state index contributed by atoms with van der Waals surface area (Å²) in [5, 5.41) is 22.8. The third-order valence-electron chi connectivity index (χ3n) is 9.20. The third kappa shape index (κ3) is 34.0. The number of amides is 1. The van der Waals surface area contributed by atoms with E-state index in [-0.39, 0.29) is 12.5 Å². The fraction of sp³-hybridized carbons (Fsp3) is 0.833. The summed E-state index contributed by atoms with van der Waals surface area (Å²) in [6.07, 6.45) is 49.9. The van der Waals surface area contributed by atoms with Gasteiger partial charge in [0.1, 0.15) is 0 Å². The predicted molar refractivity (Wildman–Crippen MR) is 202 cm³/mol. The van der Waals surface area contributed by atoms with Crippen molar-refractivity contribution in [2.75, 3.05) is 6.61 Å². The van der Waals surface area contributed by atoms with Crippen molar-refractivity contribution in [2.24, 2.45) is 0 Å². The molecule has 0 rings (SSSR count). The Morgan fingerprint density at radius 1 is 0.543 bits per heavy atom. The van der Waals surface area contributed by atoms with E-state index < -0.39 is 12.1 Å². The lowest BCUT2D eigenvalue weighted by Gasteiger charge is -2.19. The average Bonchev–Trinajstić information content (AvgIpc) is 3.06. The van der Waals surface area contributed by atoms with Crippen LogP contribution in [0.15, 0.2) is 36.5 Å². The fourth-order valence-electron chi connectivity index (χ4n) is 6.10. The van der Waals surface area contributed by atoms with Crippen molar-refractivity contribution in [2.45, 2.75) is 219 Å². The molecule has 0 saturated heterocycles. The molecule has 0 radical (unpaired) electrons. The molecule has 0 aliphatic rings. The topological polar surface area (TPSA) is 69.6 Å². The predicted octanol–water partition coefficient (Wildman–Crippen LogP) is 12.2. The Bertz CT molecular complexity index is 701. The van der Waals surface area contributed by atoms with Gasteiger partial charge in [0, 0.05) is 6.42 Å². The van der Waals surface area contributed by atoms with Crippen LogP contribution in [-0.4, -0.2) is 34.9 Å². The van der Waals surface area contributed by atoms with Gasteiger partial charge in [0.2, 0.25) is 5.91 Å². The van der Waals surface area contributed by atoms with Crippen LogP contribution in [-0.2, 0) is 4.79 Å². The second kappa shape index (κ2) is 38.1. The van der Waals surface area contributed by atoms with Crippen molar-refractivity contribution >= 4 is 5.91 Å². The fourth-order valence-corrected chi connectivity index (χ4v) is 6.10. The summed E-state index contributed by atoms with van der Waals surface area (Å²) in [4.78, 5) is 12.3. The van der Waals surface area contributed by atoms with Crippen LogP contribution in [0.25, 0.3) is 0 Å². The summed E-state index contributed by atoms with van der Waals surface area (Å²) < 4.78 is 0. The maximum atomic E-state index is 12.3. The van der Waals surface area contributed by atoms with Gasteiger partial charge in [-0.2, -0.15) is 0 Å². The van der Waals surface area contributed by atoms with Gasteiger partial charge in [0.15, 0.2) is 0 Å². The number of carbonyl (C=O) groups is 1. The number of unbranched alkanes of at least 4 members (excludes halogenated alkanes) is 26. The molecule has 0 aliphatic carbocycles. The molecule has 3 N–H and O–H groups in total. The molecule has 4 heteroatoms. The monoisotopic (exact) mass is 646 g/mol. The molecule has 4 nitrogen and oxygen atoms in total. The highest BCUT2D eigenvalue weighted by Crippen LogP contribution is 2.16. The Hall–Kier alpha value is -1.39. The summed E-state index contributed by atoms with van der Waals surface area (Å²) >= 11 is 0. The molecule has 0 aromatic heterocycles. The van der Waals surface area contributed by atoms with Crippen LogP contribution in [0.4, 0.5) is 0 Å². The van der Waals surface area contributed by atoms with Crippen molar-refractivity contribution < 1.29 is 15.0 Å². The highest BCUT2D eigenvalue weighted by atomic mass is 16.3. The van der Waals surface area contributed by atoms with Gasteiger partial charge in [0.05, 0.1) is 18.8 Å². The molecule has 0 aromatic carbocycles. The first-order valence-corrected chi connectivity index (χ1v) is 20.2. The first-order chi connectivity index (χ1) is 22.7. The highest BCUT2D eigenvalue weighted by molar-refractivity contribution is 5.76. The molecular weight excluding hydrogens is 566 g/mol. The highest BCUT2D eigenvalue weighted by Gasteiger charge is 2.17. The summed E-state index contributed by atoms with van der Waals surface area (Å²) in [5.74, 6) is -0.0790. The van der Waals surface area contributed by atoms with E-state index >= 15 is 0 Å². The Kier molecular flexibility index (Phi) is 36.9. The van der Waals surface area contributed by atoms with Crippen LogP contribution < -0.4 is 5.32 Å². The number of nitrogens with one attached hydrogen (secondary N) is 1. The first-order valence-electron chi connectivity index (χ1n) is 20.2. The van der Waals surface area contributed by atoms with Gasteiger partial charge in [0.25, 0.3) is 0 Å². The zero-order valence-corrected chi connectivity index (χ0v) is 30.8. The molecule has 270 valence electrons. The molecule has 0 spiro atoms. The molecular formula is C42H79NO3. The third-order valence-corrected chi connectivity index (χ3v) is 9.20. The summed E-state index contributed by atoms with van der Waals surface area (Å²) in [6.45, 7) is 4.07. The van der Waals surface area contributed by atoms with E-state index in [1.165, 1.54) is 148 Å². The molecule has 2 atom stereocenters. The summed E-state index contributed by atoms with van der Waals surface area (Å²) in [7, 11) is 0. The Labute approximate surface area is 287 Å². The van der Waals surface area contributed by atoms with E-state index in [0.717, 1.165) is 38.5 Å². The largest absolute Gasteiger partial charge is 0.394 e. The smallest absolute Gasteiger partial charge is 0.220 e. The van der Waals surface area contributed by atoms with Crippen molar-refractivity contribution in [3.05, 3.63) is 36.5 Å². The molecule has 0 aliphatic heterocycles. The normalized spacial score (nSPS) is 13.4. The first kappa shape index (κ1) is 44.6. The molecule has 0 heterocycles. The zero-order valence-electron chi connectivity index (χ0n) is 30.8. The Morgan fingerprint density at radius 3 is 1.26 bits per heavy atom. The number of aliphatic hydroxyl groups is 2. The van der Waals surface area contributed by atoms with Crippen LogP contribution >= 0.6 is 0 Å². The maximum Gasteiger partial charge on any atom is 0.220 e. The van der Waals surface area contributed by atoms with Gasteiger partial charge in [-0.15, -0.1) is 0 Å². The van der Waals surface area contributed by atoms with Gasteiger partial charge >= 0.3 is 0 Å². The number of hydrogen-bond donors (Lipinski definition) is 3. The number of hydrogen-bond acceptors (Lipinski definition) is 3. The minimum atomic E-state index is -0.864. The number of carbonyl (C=O) groups excluding carboxylic acids is 1. The zero-order chi connectivity index (χ0) is 33.6. The SMILES string of the molecule is C/C=C/CC/C=C/CC/C=C/C(O)C(CO)NC(=O)CCCCCCCCCCCCCCCCCCCCCCCCCCC. The Balaban J connectivity index is 3.46. The van der Waals surface area contributed by atoms with Crippen molar-refractivity contribution in [3.8, 4) is 0 Å². The van der Waals surface area contributed by atoms with E-state index in [9.17, 15) is 15.0 Å². The average molecular weight is 646 g/mol. The van der Waals surface area contributed by atoms with E-state index in [1.807, 2.05) is 13.0 Å². The minimum Gasteiger partial charge on any atom is -0.394 e. The van der Waals surface area contributed by atoms with Crippen molar-refractivity contribution in [3.63, 3.8) is 0 Å². The summed E-state index contributed by atoms with van der Waals surface area (Å²) in [5.41, 5.74) is 0. The van der Waals surface area contributed by atoms with Crippen LogP contribution in [0, 0.1) is 0 Å². The van der Waals surface area contributed by atoms with Gasteiger partial charge in [-0.1, -0.05) is 197 Å². The van der Waals surface area contributed by atoms with E-state index in [1.54, 1.807) is 6.08 Å². The van der Waals surface area contributed by atoms with Crippen molar-refractivity contribution in [1.29, 1.82) is 0 Å². The van der Waals surface area contributed by atoms with Gasteiger partial charge in [-0.05, 0) is 39.0 Å². The van der Waals surface area contributed by atoms with Crippen molar-refractivity contribution in [1.82, 2.24) is 5.32 Å². The van der Waals surface area contributed by atoms with Gasteiger partial charge in [-0.25, -0.2) is 0 Å². The lowest BCUT2D eigenvalue weighted by atomic mass is 10.0. The second-order valence-electron chi connectivity index (χ2n) is 13.7. The molecule has 0 fully saturated rings. The number of rotatable bonds is 36. The standard InChI is InChI=1S/C42H79NO3/c1-3-5-7-9-11-13-14-15-16-17-18-19-20-21-22-23-24-25-26-27-28-30-32-34-36-38-42(46)43-40(39-44)41(45)37-35-33-31-29-12-10-8-6-4-2/h4,6,12,29,35,37,40-41,44-45H,3,5,7-11,13-28,30-34,36,38-39H2,1-2H3,(H,43,46)/b6-4+,29-12+,37-35+. The molecule has 0 saturated carbocycles. The summed E-state index contributed by atoms with van der Waals surface area (Å²) in [6, 6.07) is -0.640. The van der Waals surface area contributed by atoms with E-state index in [0.29, 0.717) is 6.42 Å². The van der Waals surface area contributed by atoms with Crippen LogP contribution in [0.3, 0.4) is 0 Å². The van der Waals surface area contributed by atoms with Crippen LogP contribution in [0.5, 0.6) is 0 Å². The van der Waals surface area contributed by atoms with Crippen LogP contribution in [0.2, 0.25) is 0 Å². The molecule has 1 amide bonds. The second-order valence-corrected chi connectivity index (χ2v) is 13.7. The minimum absolute atomic E-state index is 0.0790. The number of allylic oxidation sites excluding steroid dienone is 5. The van der Waals surface area contributed by atoms with E-state index in [4.69, 9.17) is 0 Å². The lowest BCUT2D eigenvalue weighted by molar-refractivity contribution is -0.123. The van der Waals surface area contributed by atoms with Gasteiger partial charge in [-0.3, -0.25) is 4.79 Å². The van der Waals surface area contributed by atoms with Gasteiger partial charge < -0.3 is 15.5 Å².